The van der Waals surface area contributed by atoms with Crippen LogP contribution in [0.25, 0.3) is 0 Å². The molecule has 8 heteroatoms. The van der Waals surface area contributed by atoms with Crippen molar-refractivity contribution in [2.24, 2.45) is 28.1 Å². The number of Topliss-reactive ketones (excluding diaryl/α,β-unsaturated/α-hetero) is 1. The van der Waals surface area contributed by atoms with E-state index in [-0.39, 0.29) is 49.1 Å². The second-order valence-corrected chi connectivity index (χ2v) is 12.0. The molecule has 2 saturated carbocycles. The average Bonchev–Trinajstić information content (AvgIpc) is 3.35. The van der Waals surface area contributed by atoms with Crippen molar-refractivity contribution < 1.29 is 37.7 Å². The quantitative estimate of drug-likeness (QED) is 0.556. The van der Waals surface area contributed by atoms with Crippen LogP contribution in [0.15, 0.2) is 23.0 Å². The minimum Gasteiger partial charge on any atom is -0.472 e. The molecule has 3 aliphatic heterocycles. The molecule has 6 rings (SSSR count). The van der Waals surface area contributed by atoms with Crippen LogP contribution < -0.4 is 0 Å². The molecule has 184 valence electrons. The second kappa shape index (κ2) is 6.45. The van der Waals surface area contributed by atoms with Crippen molar-refractivity contribution in [2.45, 2.75) is 83.7 Å². The summed E-state index contributed by atoms with van der Waals surface area (Å²) < 4.78 is 29.3. The van der Waals surface area contributed by atoms with E-state index in [1.807, 2.05) is 34.6 Å². The molecule has 0 radical (unpaired) electrons. The van der Waals surface area contributed by atoms with Gasteiger partial charge in [0.2, 0.25) is 0 Å². The number of hydrogen-bond acceptors (Lipinski definition) is 8. The van der Waals surface area contributed by atoms with Gasteiger partial charge in [0.15, 0.2) is 0 Å². The minimum absolute atomic E-state index is 0.0661. The molecule has 0 aromatic carbocycles. The van der Waals surface area contributed by atoms with E-state index in [0.717, 1.165) is 5.56 Å². The van der Waals surface area contributed by atoms with Crippen LogP contribution >= 0.6 is 0 Å². The van der Waals surface area contributed by atoms with Gasteiger partial charge in [-0.1, -0.05) is 6.92 Å². The van der Waals surface area contributed by atoms with Gasteiger partial charge in [0.25, 0.3) is 0 Å². The minimum atomic E-state index is -1.14. The summed E-state index contributed by atoms with van der Waals surface area (Å²) in [5.74, 6) is -0.469. The Balaban J connectivity index is 1.53. The Morgan fingerprint density at radius 3 is 2.47 bits per heavy atom. The Labute approximate surface area is 198 Å². The first-order valence-corrected chi connectivity index (χ1v) is 12.2. The largest absolute Gasteiger partial charge is 0.509 e. The van der Waals surface area contributed by atoms with Gasteiger partial charge in [0.05, 0.1) is 36.1 Å². The predicted molar refractivity (Wildman–Crippen MR) is 116 cm³/mol. The summed E-state index contributed by atoms with van der Waals surface area (Å²) in [6.07, 6.45) is 3.25. The molecule has 34 heavy (non-hydrogen) atoms. The van der Waals surface area contributed by atoms with Gasteiger partial charge >= 0.3 is 12.1 Å². The van der Waals surface area contributed by atoms with Crippen molar-refractivity contribution in [1.82, 2.24) is 0 Å². The highest BCUT2D eigenvalue weighted by atomic mass is 16.7. The Morgan fingerprint density at radius 1 is 1.00 bits per heavy atom. The third-order valence-electron chi connectivity index (χ3n) is 10.6. The molecule has 2 aliphatic carbocycles. The summed E-state index contributed by atoms with van der Waals surface area (Å²) in [4.78, 5) is 39.4. The van der Waals surface area contributed by atoms with E-state index >= 15 is 0 Å². The Kier molecular flexibility index (Phi) is 4.20. The standard InChI is InChI=1S/C26H32O8/c1-22(2)16-10-17(27)24(4)15(26(16)13-31-19(28)11-18(26)33-22)6-8-23(3)20(14-7-9-30-12-14)32-21(29)34-25(23,24)5/h7,9,12,15-16,18,20H,6,8,10-11,13H2,1-5H3/t15-,16-,18-,20-,23-,24-,25+,26+/m0/s1. The summed E-state index contributed by atoms with van der Waals surface area (Å²) >= 11 is 0. The summed E-state index contributed by atoms with van der Waals surface area (Å²) in [6.45, 7) is 10.1. The molecule has 0 N–H and O–H groups in total. The number of ether oxygens (including phenoxy) is 4. The van der Waals surface area contributed by atoms with Gasteiger partial charge in [-0.25, -0.2) is 4.79 Å². The molecule has 8 nitrogen and oxygen atoms in total. The highest BCUT2D eigenvalue weighted by molar-refractivity contribution is 5.89. The van der Waals surface area contributed by atoms with E-state index in [1.54, 1.807) is 18.6 Å². The monoisotopic (exact) mass is 472 g/mol. The van der Waals surface area contributed by atoms with Gasteiger partial charge in [-0.15, -0.1) is 0 Å². The van der Waals surface area contributed by atoms with Gasteiger partial charge < -0.3 is 23.4 Å². The normalized spacial score (nSPS) is 49.0. The van der Waals surface area contributed by atoms with Gasteiger partial charge in [-0.05, 0) is 52.5 Å². The van der Waals surface area contributed by atoms with Crippen LogP contribution in [0.2, 0.25) is 0 Å². The first kappa shape index (κ1) is 22.1. The molecule has 0 amide bonds. The molecule has 8 atom stereocenters. The number of carbonyl (C=O) groups excluding carboxylic acids is 3. The lowest BCUT2D eigenvalue weighted by Gasteiger charge is -2.69. The number of esters is 1. The molecule has 0 unspecified atom stereocenters. The molecular weight excluding hydrogens is 440 g/mol. The first-order chi connectivity index (χ1) is 15.9. The number of ketones is 1. The van der Waals surface area contributed by atoms with E-state index in [4.69, 9.17) is 23.4 Å². The molecule has 5 fully saturated rings. The number of carbonyl (C=O) groups is 3. The smallest absolute Gasteiger partial charge is 0.472 e. The lowest BCUT2D eigenvalue weighted by Crippen LogP contribution is -2.76. The summed E-state index contributed by atoms with van der Waals surface area (Å²) in [6, 6.07) is 1.80. The van der Waals surface area contributed by atoms with Crippen molar-refractivity contribution in [3.63, 3.8) is 0 Å². The summed E-state index contributed by atoms with van der Waals surface area (Å²) in [5, 5.41) is 0. The Bertz CT molecular complexity index is 1080. The molecule has 0 bridgehead atoms. The first-order valence-electron chi connectivity index (χ1n) is 12.2. The van der Waals surface area contributed by atoms with Crippen molar-refractivity contribution in [3.8, 4) is 0 Å². The lowest BCUT2D eigenvalue weighted by molar-refractivity contribution is -0.295. The van der Waals surface area contributed by atoms with E-state index in [1.165, 1.54) is 0 Å². The molecule has 3 saturated heterocycles. The van der Waals surface area contributed by atoms with Crippen LogP contribution in [0.4, 0.5) is 4.79 Å². The van der Waals surface area contributed by atoms with Crippen LogP contribution in [-0.4, -0.2) is 41.8 Å². The highest BCUT2D eigenvalue weighted by Crippen LogP contribution is 2.74. The van der Waals surface area contributed by atoms with E-state index in [2.05, 4.69) is 0 Å². The van der Waals surface area contributed by atoms with Crippen molar-refractivity contribution in [3.05, 3.63) is 24.2 Å². The zero-order chi connectivity index (χ0) is 24.3. The zero-order valence-electron chi connectivity index (χ0n) is 20.3. The molecule has 4 heterocycles. The number of hydrogen-bond donors (Lipinski definition) is 0. The van der Waals surface area contributed by atoms with E-state index in [9.17, 15) is 14.4 Å². The highest BCUT2D eigenvalue weighted by Gasteiger charge is 2.80. The van der Waals surface area contributed by atoms with E-state index < -0.39 is 39.7 Å². The fraction of sp³-hybridized carbons (Fsp3) is 0.731. The van der Waals surface area contributed by atoms with Crippen molar-refractivity contribution in [1.29, 1.82) is 0 Å². The lowest BCUT2D eigenvalue weighted by atomic mass is 9.37. The van der Waals surface area contributed by atoms with Gasteiger partial charge in [-0.3, -0.25) is 9.59 Å². The van der Waals surface area contributed by atoms with Gasteiger partial charge in [0.1, 0.15) is 24.1 Å². The van der Waals surface area contributed by atoms with Crippen molar-refractivity contribution >= 4 is 17.9 Å². The van der Waals surface area contributed by atoms with Crippen LogP contribution in [0.5, 0.6) is 0 Å². The number of cyclic esters (lactones) is 2. The summed E-state index contributed by atoms with van der Waals surface area (Å²) in [7, 11) is 0. The second-order valence-electron chi connectivity index (χ2n) is 12.0. The maximum atomic E-state index is 14.2. The zero-order valence-corrected chi connectivity index (χ0v) is 20.3. The average molecular weight is 473 g/mol. The molecule has 1 aromatic heterocycles. The summed E-state index contributed by atoms with van der Waals surface area (Å²) in [5.41, 5.74) is -3.16. The maximum Gasteiger partial charge on any atom is 0.509 e. The van der Waals surface area contributed by atoms with Crippen LogP contribution in [0, 0.1) is 28.1 Å². The van der Waals surface area contributed by atoms with Crippen LogP contribution in [0.3, 0.4) is 0 Å². The van der Waals surface area contributed by atoms with Crippen molar-refractivity contribution in [2.75, 3.05) is 6.61 Å². The number of fused-ring (bicyclic) bond motifs is 3. The van der Waals surface area contributed by atoms with Gasteiger partial charge in [0, 0.05) is 28.7 Å². The van der Waals surface area contributed by atoms with E-state index in [0.29, 0.717) is 12.8 Å². The SMILES string of the molecule is CC1(C)O[C@H]2CC(=O)OC[C@]23[C@H]2CC[C@@]4(C)[C@H](c5ccoc5)OC(=O)O[C@@]4(C)[C@]2(C)C(=O)C[C@@H]13. The molecule has 1 spiro atoms. The molecular formula is C26H32O8. The van der Waals surface area contributed by atoms with Crippen LogP contribution in [0.1, 0.15) is 72.0 Å². The molecule has 1 aromatic rings. The topological polar surface area (TPSA) is 101 Å². The molecule has 5 aliphatic rings. The van der Waals surface area contributed by atoms with Crippen LogP contribution in [-0.2, 0) is 28.5 Å². The Morgan fingerprint density at radius 2 is 1.76 bits per heavy atom. The predicted octanol–water partition coefficient (Wildman–Crippen LogP) is 4.37. The maximum absolute atomic E-state index is 14.2. The third kappa shape index (κ3) is 2.31. The fourth-order valence-electron chi connectivity index (χ4n) is 8.72. The van der Waals surface area contributed by atoms with Gasteiger partial charge in [-0.2, -0.15) is 0 Å². The fourth-order valence-corrected chi connectivity index (χ4v) is 8.72. The third-order valence-corrected chi connectivity index (χ3v) is 10.6. The number of rotatable bonds is 1. The Hall–Kier alpha value is -2.35. The number of furan rings is 1.